The summed E-state index contributed by atoms with van der Waals surface area (Å²) in [4.78, 5) is 16.1. The molecule has 0 fully saturated rings. The molecule has 2 rings (SSSR count). The molecule has 0 aliphatic heterocycles. The molecule has 124 valence electrons. The molecule has 2 aromatic rings. The lowest BCUT2D eigenvalue weighted by molar-refractivity contribution is 0.163. The number of amides is 2. The third-order valence-electron chi connectivity index (χ3n) is 3.52. The summed E-state index contributed by atoms with van der Waals surface area (Å²) in [5.41, 5.74) is 2.47. The van der Waals surface area contributed by atoms with E-state index in [4.69, 9.17) is 4.42 Å². The van der Waals surface area contributed by atoms with Crippen molar-refractivity contribution in [1.82, 2.24) is 10.3 Å². The molecule has 0 saturated carbocycles. The van der Waals surface area contributed by atoms with E-state index in [9.17, 15) is 9.90 Å². The fourth-order valence-corrected chi connectivity index (χ4v) is 2.35. The van der Waals surface area contributed by atoms with E-state index in [1.807, 2.05) is 32.0 Å². The number of aromatic nitrogens is 1. The van der Waals surface area contributed by atoms with Crippen molar-refractivity contribution in [2.24, 2.45) is 5.92 Å². The molecule has 2 unspecified atom stereocenters. The van der Waals surface area contributed by atoms with E-state index in [-0.39, 0.29) is 18.1 Å². The quantitative estimate of drug-likeness (QED) is 0.763. The first-order valence-electron chi connectivity index (χ1n) is 7.69. The van der Waals surface area contributed by atoms with E-state index in [1.54, 1.807) is 13.1 Å². The molecule has 6 heteroatoms. The minimum Gasteiger partial charge on any atom is -0.445 e. The molecule has 0 spiro atoms. The van der Waals surface area contributed by atoms with Crippen molar-refractivity contribution >= 4 is 11.7 Å². The van der Waals surface area contributed by atoms with E-state index in [2.05, 4.69) is 15.6 Å². The number of rotatable bonds is 6. The van der Waals surface area contributed by atoms with Gasteiger partial charge in [-0.1, -0.05) is 13.0 Å². The number of carbonyl (C=O) groups excluding carboxylic acids is 1. The molecule has 23 heavy (non-hydrogen) atoms. The molecule has 1 heterocycles. The Morgan fingerprint density at radius 2 is 2.17 bits per heavy atom. The standard InChI is InChI=1S/C17H23N3O3/c1-11(8-13(3)21)10-19-17(22)20-15-9-14(5-4-12(15)2)16-18-6-7-23-16/h4-7,9,11,13,21H,8,10H2,1-3H3,(H2,19,20,22). The predicted octanol–water partition coefficient (Wildman–Crippen LogP) is 3.18. The number of carbonyl (C=O) groups is 1. The van der Waals surface area contributed by atoms with Crippen LogP contribution >= 0.6 is 0 Å². The number of nitrogens with one attached hydrogen (secondary N) is 2. The van der Waals surface area contributed by atoms with E-state index in [0.717, 1.165) is 11.1 Å². The molecule has 6 nitrogen and oxygen atoms in total. The van der Waals surface area contributed by atoms with Crippen molar-refractivity contribution in [2.45, 2.75) is 33.3 Å². The SMILES string of the molecule is Cc1ccc(-c2ncco2)cc1NC(=O)NCC(C)CC(C)O. The van der Waals surface area contributed by atoms with Gasteiger partial charge in [-0.25, -0.2) is 9.78 Å². The Kier molecular flexibility index (Phi) is 5.76. The molecule has 2 amide bonds. The lowest BCUT2D eigenvalue weighted by Crippen LogP contribution is -2.33. The third-order valence-corrected chi connectivity index (χ3v) is 3.52. The first kappa shape index (κ1) is 17.0. The molecule has 1 aromatic heterocycles. The van der Waals surface area contributed by atoms with Gasteiger partial charge >= 0.3 is 6.03 Å². The highest BCUT2D eigenvalue weighted by Gasteiger charge is 2.11. The zero-order valence-corrected chi connectivity index (χ0v) is 13.7. The Hall–Kier alpha value is -2.34. The number of hydrogen-bond donors (Lipinski definition) is 3. The highest BCUT2D eigenvalue weighted by atomic mass is 16.3. The fourth-order valence-electron chi connectivity index (χ4n) is 2.35. The van der Waals surface area contributed by atoms with Crippen LogP contribution in [0.15, 0.2) is 35.1 Å². The van der Waals surface area contributed by atoms with Gasteiger partial charge in [0.05, 0.1) is 12.3 Å². The van der Waals surface area contributed by atoms with Crippen molar-refractivity contribution in [2.75, 3.05) is 11.9 Å². The molecule has 1 aromatic carbocycles. The molecule has 0 aliphatic rings. The molecular formula is C17H23N3O3. The van der Waals surface area contributed by atoms with Crippen molar-refractivity contribution < 1.29 is 14.3 Å². The van der Waals surface area contributed by atoms with Crippen molar-refractivity contribution in [3.63, 3.8) is 0 Å². The molecule has 0 aliphatic carbocycles. The number of hydrogen-bond acceptors (Lipinski definition) is 4. The number of oxazole rings is 1. The van der Waals surface area contributed by atoms with Crippen LogP contribution in [-0.2, 0) is 0 Å². The van der Waals surface area contributed by atoms with Crippen molar-refractivity contribution in [3.8, 4) is 11.5 Å². The minimum atomic E-state index is -0.366. The van der Waals surface area contributed by atoms with Crippen molar-refractivity contribution in [3.05, 3.63) is 36.2 Å². The number of benzene rings is 1. The summed E-state index contributed by atoms with van der Waals surface area (Å²) in [6.07, 6.45) is 3.38. The zero-order valence-electron chi connectivity index (χ0n) is 13.7. The van der Waals surface area contributed by atoms with Crippen molar-refractivity contribution in [1.29, 1.82) is 0 Å². The second kappa shape index (κ2) is 7.78. The van der Waals surface area contributed by atoms with Crippen LogP contribution in [0.5, 0.6) is 0 Å². The van der Waals surface area contributed by atoms with Crippen LogP contribution in [0.4, 0.5) is 10.5 Å². The summed E-state index contributed by atoms with van der Waals surface area (Å²) in [5.74, 6) is 0.722. The summed E-state index contributed by atoms with van der Waals surface area (Å²) in [7, 11) is 0. The van der Waals surface area contributed by atoms with E-state index in [0.29, 0.717) is 24.5 Å². The van der Waals surface area contributed by atoms with Crippen LogP contribution in [0.3, 0.4) is 0 Å². The Morgan fingerprint density at radius 3 is 2.83 bits per heavy atom. The summed E-state index contributed by atoms with van der Waals surface area (Å²) in [6, 6.07) is 5.37. The second-order valence-electron chi connectivity index (χ2n) is 5.89. The molecule has 2 atom stereocenters. The number of anilines is 1. The van der Waals surface area contributed by atoms with Gasteiger partial charge in [-0.3, -0.25) is 0 Å². The van der Waals surface area contributed by atoms with Gasteiger partial charge < -0.3 is 20.2 Å². The van der Waals surface area contributed by atoms with Gasteiger partial charge in [0, 0.05) is 17.8 Å². The zero-order chi connectivity index (χ0) is 16.8. The Balaban J connectivity index is 1.96. The van der Waals surface area contributed by atoms with Crippen LogP contribution in [0.2, 0.25) is 0 Å². The van der Waals surface area contributed by atoms with Crippen LogP contribution in [0.1, 0.15) is 25.8 Å². The van der Waals surface area contributed by atoms with E-state index in [1.165, 1.54) is 6.26 Å². The Bertz CT molecular complexity index is 639. The van der Waals surface area contributed by atoms with Crippen LogP contribution in [0, 0.1) is 12.8 Å². The number of urea groups is 1. The van der Waals surface area contributed by atoms with E-state index < -0.39 is 0 Å². The van der Waals surface area contributed by atoms with E-state index >= 15 is 0 Å². The van der Waals surface area contributed by atoms with Crippen LogP contribution < -0.4 is 10.6 Å². The molecule has 0 saturated heterocycles. The maximum atomic E-state index is 12.0. The van der Waals surface area contributed by atoms with Gasteiger partial charge in [0.25, 0.3) is 0 Å². The lowest BCUT2D eigenvalue weighted by atomic mass is 10.1. The van der Waals surface area contributed by atoms with Gasteiger partial charge in [0.15, 0.2) is 0 Å². The van der Waals surface area contributed by atoms with Crippen LogP contribution in [-0.4, -0.2) is 28.8 Å². The molecular weight excluding hydrogens is 294 g/mol. The third kappa shape index (κ3) is 5.10. The minimum absolute atomic E-state index is 0.209. The highest BCUT2D eigenvalue weighted by Crippen LogP contribution is 2.24. The van der Waals surface area contributed by atoms with Gasteiger partial charge in [0.1, 0.15) is 6.26 Å². The number of nitrogens with zero attached hydrogens (tertiary/aromatic N) is 1. The normalized spacial score (nSPS) is 13.4. The fraction of sp³-hybridized carbons (Fsp3) is 0.412. The summed E-state index contributed by atoms with van der Waals surface area (Å²) in [5, 5.41) is 15.0. The second-order valence-corrected chi connectivity index (χ2v) is 5.89. The number of aryl methyl sites for hydroxylation is 1. The molecule has 0 bridgehead atoms. The predicted molar refractivity (Wildman–Crippen MR) is 89.2 cm³/mol. The van der Waals surface area contributed by atoms with Gasteiger partial charge in [-0.05, 0) is 43.9 Å². The maximum absolute atomic E-state index is 12.0. The average molecular weight is 317 g/mol. The first-order valence-corrected chi connectivity index (χ1v) is 7.69. The molecule has 3 N–H and O–H groups in total. The Morgan fingerprint density at radius 1 is 1.39 bits per heavy atom. The smallest absolute Gasteiger partial charge is 0.319 e. The number of aliphatic hydroxyl groups excluding tert-OH is 1. The topological polar surface area (TPSA) is 87.4 Å². The Labute approximate surface area is 135 Å². The summed E-state index contributed by atoms with van der Waals surface area (Å²) in [6.45, 7) is 6.16. The summed E-state index contributed by atoms with van der Waals surface area (Å²) < 4.78 is 5.27. The lowest BCUT2D eigenvalue weighted by Gasteiger charge is -2.15. The number of aliphatic hydroxyl groups is 1. The van der Waals surface area contributed by atoms with Gasteiger partial charge in [-0.15, -0.1) is 0 Å². The largest absolute Gasteiger partial charge is 0.445 e. The summed E-state index contributed by atoms with van der Waals surface area (Å²) >= 11 is 0. The first-order chi connectivity index (χ1) is 11.0. The van der Waals surface area contributed by atoms with Crippen LogP contribution in [0.25, 0.3) is 11.5 Å². The monoisotopic (exact) mass is 317 g/mol. The maximum Gasteiger partial charge on any atom is 0.319 e. The molecule has 0 radical (unpaired) electrons. The highest BCUT2D eigenvalue weighted by molar-refractivity contribution is 5.90. The van der Waals surface area contributed by atoms with Gasteiger partial charge in [-0.2, -0.15) is 0 Å². The van der Waals surface area contributed by atoms with Gasteiger partial charge in [0.2, 0.25) is 5.89 Å². The average Bonchev–Trinajstić information content (AvgIpc) is 3.01.